The molecule has 0 aliphatic rings. The van der Waals surface area contributed by atoms with E-state index in [0.717, 1.165) is 12.1 Å². The van der Waals surface area contributed by atoms with Gasteiger partial charge in [-0.2, -0.15) is 0 Å². The van der Waals surface area contributed by atoms with Gasteiger partial charge in [0.25, 0.3) is 0 Å². The molecule has 0 aromatic heterocycles. The van der Waals surface area contributed by atoms with Crippen LogP contribution in [0.25, 0.3) is 0 Å². The van der Waals surface area contributed by atoms with Gasteiger partial charge in [-0.05, 0) is 13.5 Å². The highest BCUT2D eigenvalue weighted by Crippen LogP contribution is 1.80. The maximum atomic E-state index is 8.21. The monoisotopic (exact) mass is 116 g/mol. The molecule has 0 fully saturated rings. The minimum absolute atomic E-state index is 0.674. The Labute approximate surface area is 49.4 Å². The molecule has 0 unspecified atom stereocenters. The van der Waals surface area contributed by atoms with Crippen LogP contribution in [-0.2, 0) is 0 Å². The van der Waals surface area contributed by atoms with Crippen molar-refractivity contribution in [1.82, 2.24) is 5.32 Å². The maximum absolute atomic E-state index is 8.21. The van der Waals surface area contributed by atoms with E-state index >= 15 is 0 Å². The number of oxime groups is 1. The summed E-state index contributed by atoms with van der Waals surface area (Å²) in [5.74, 6) is 0. The van der Waals surface area contributed by atoms with Crippen molar-refractivity contribution >= 4 is 5.71 Å². The molecular formula is C5H12N2O. The van der Waals surface area contributed by atoms with Crippen LogP contribution in [0.3, 0.4) is 0 Å². The van der Waals surface area contributed by atoms with Crippen LogP contribution in [0.4, 0.5) is 0 Å². The number of nitrogens with one attached hydrogen (secondary N) is 1. The number of nitrogens with zero attached hydrogens (tertiary/aromatic N) is 1. The highest BCUT2D eigenvalue weighted by molar-refractivity contribution is 5.85. The first kappa shape index (κ1) is 7.43. The van der Waals surface area contributed by atoms with Gasteiger partial charge in [0.05, 0.1) is 5.71 Å². The molecule has 0 rings (SSSR count). The molecule has 0 saturated carbocycles. The van der Waals surface area contributed by atoms with Crippen LogP contribution in [0, 0.1) is 0 Å². The molecule has 0 amide bonds. The predicted octanol–water partition coefficient (Wildman–Crippen LogP) is 0.446. The molecule has 0 aromatic carbocycles. The molecule has 0 atom stereocenters. The second-order valence-corrected chi connectivity index (χ2v) is 1.55. The Morgan fingerprint density at radius 2 is 2.38 bits per heavy atom. The maximum Gasteiger partial charge on any atom is 0.0705 e. The molecule has 0 aliphatic carbocycles. The zero-order chi connectivity index (χ0) is 6.41. The molecule has 0 saturated heterocycles. The first-order chi connectivity index (χ1) is 3.85. The Morgan fingerprint density at radius 3 is 2.50 bits per heavy atom. The zero-order valence-electron chi connectivity index (χ0n) is 5.31. The number of hydrogen-bond donors (Lipinski definition) is 2. The zero-order valence-corrected chi connectivity index (χ0v) is 5.31. The van der Waals surface area contributed by atoms with Gasteiger partial charge < -0.3 is 10.5 Å². The molecule has 0 aromatic rings. The van der Waals surface area contributed by atoms with Crippen LogP contribution >= 0.6 is 0 Å². The fraction of sp³-hybridized carbons (Fsp3) is 0.800. The molecule has 48 valence electrons. The van der Waals surface area contributed by atoms with Gasteiger partial charge in [0.15, 0.2) is 0 Å². The lowest BCUT2D eigenvalue weighted by Gasteiger charge is -1.95. The third-order valence-electron chi connectivity index (χ3n) is 0.930. The van der Waals surface area contributed by atoms with Crippen molar-refractivity contribution in [3.05, 3.63) is 0 Å². The standard InChI is InChI=1S/C5H12N2O/c1-3-5(7-8)4-6-2/h6,8H,3-4H2,1-2H3. The first-order valence-electron chi connectivity index (χ1n) is 2.69. The summed E-state index contributed by atoms with van der Waals surface area (Å²) in [6.07, 6.45) is 0.803. The summed E-state index contributed by atoms with van der Waals surface area (Å²) < 4.78 is 0. The Kier molecular flexibility index (Phi) is 4.26. The summed E-state index contributed by atoms with van der Waals surface area (Å²) in [6, 6.07) is 0. The van der Waals surface area contributed by atoms with E-state index in [1.807, 2.05) is 14.0 Å². The number of hydrogen-bond acceptors (Lipinski definition) is 3. The lowest BCUT2D eigenvalue weighted by atomic mass is 10.3. The van der Waals surface area contributed by atoms with Gasteiger partial charge in [-0.1, -0.05) is 12.1 Å². The normalized spacial score (nSPS) is 12.0. The lowest BCUT2D eigenvalue weighted by molar-refractivity contribution is 0.316. The Morgan fingerprint density at radius 1 is 1.75 bits per heavy atom. The third-order valence-corrected chi connectivity index (χ3v) is 0.930. The smallest absolute Gasteiger partial charge is 0.0705 e. The van der Waals surface area contributed by atoms with Crippen LogP contribution in [0.5, 0.6) is 0 Å². The minimum atomic E-state index is 0.674. The van der Waals surface area contributed by atoms with Crippen molar-refractivity contribution in [2.75, 3.05) is 13.6 Å². The van der Waals surface area contributed by atoms with E-state index in [4.69, 9.17) is 5.21 Å². The van der Waals surface area contributed by atoms with Gasteiger partial charge in [0, 0.05) is 6.54 Å². The van der Waals surface area contributed by atoms with E-state index in [1.54, 1.807) is 0 Å². The Balaban J connectivity index is 3.38. The third kappa shape index (κ3) is 2.58. The van der Waals surface area contributed by atoms with E-state index < -0.39 is 0 Å². The summed E-state index contributed by atoms with van der Waals surface area (Å²) in [4.78, 5) is 0. The van der Waals surface area contributed by atoms with Crippen molar-refractivity contribution in [3.8, 4) is 0 Å². The molecule has 0 aliphatic heterocycles. The summed E-state index contributed by atoms with van der Waals surface area (Å²) in [7, 11) is 1.82. The second kappa shape index (κ2) is 4.59. The van der Waals surface area contributed by atoms with Gasteiger partial charge in [0.2, 0.25) is 0 Å². The molecule has 0 heterocycles. The SMILES string of the molecule is CCC(CNC)=NO. The summed E-state index contributed by atoms with van der Waals surface area (Å²) >= 11 is 0. The van der Waals surface area contributed by atoms with Crippen molar-refractivity contribution in [2.24, 2.45) is 5.16 Å². The highest BCUT2D eigenvalue weighted by atomic mass is 16.4. The predicted molar refractivity (Wildman–Crippen MR) is 33.4 cm³/mol. The van der Waals surface area contributed by atoms with Crippen LogP contribution in [-0.4, -0.2) is 24.5 Å². The molecule has 0 spiro atoms. The highest BCUT2D eigenvalue weighted by Gasteiger charge is 1.90. The Hall–Kier alpha value is -0.570. The largest absolute Gasteiger partial charge is 0.411 e. The van der Waals surface area contributed by atoms with Crippen molar-refractivity contribution in [3.63, 3.8) is 0 Å². The second-order valence-electron chi connectivity index (χ2n) is 1.55. The molecule has 0 bridgehead atoms. The number of rotatable bonds is 3. The van der Waals surface area contributed by atoms with Gasteiger partial charge in [-0.3, -0.25) is 0 Å². The van der Waals surface area contributed by atoms with Gasteiger partial charge in [-0.25, -0.2) is 0 Å². The first-order valence-corrected chi connectivity index (χ1v) is 2.69. The summed E-state index contributed by atoms with van der Waals surface area (Å²) in [6.45, 7) is 2.62. The van der Waals surface area contributed by atoms with Crippen LogP contribution in [0.15, 0.2) is 5.16 Å². The minimum Gasteiger partial charge on any atom is -0.411 e. The van der Waals surface area contributed by atoms with E-state index in [9.17, 15) is 0 Å². The lowest BCUT2D eigenvalue weighted by Crippen LogP contribution is -2.17. The van der Waals surface area contributed by atoms with Crippen LogP contribution in [0.2, 0.25) is 0 Å². The molecule has 0 radical (unpaired) electrons. The molecule has 3 nitrogen and oxygen atoms in total. The fourth-order valence-electron chi connectivity index (χ4n) is 0.435. The topological polar surface area (TPSA) is 44.6 Å². The average molecular weight is 116 g/mol. The van der Waals surface area contributed by atoms with Crippen molar-refractivity contribution < 1.29 is 5.21 Å². The molecule has 3 heteroatoms. The van der Waals surface area contributed by atoms with Gasteiger partial charge in [0.1, 0.15) is 0 Å². The van der Waals surface area contributed by atoms with Gasteiger partial charge in [-0.15, -0.1) is 0 Å². The average Bonchev–Trinajstić information content (AvgIpc) is 1.83. The summed E-state index contributed by atoms with van der Waals surface area (Å²) in [5, 5.41) is 14.1. The van der Waals surface area contributed by atoms with Crippen molar-refractivity contribution in [1.29, 1.82) is 0 Å². The van der Waals surface area contributed by atoms with Crippen LogP contribution in [0.1, 0.15) is 13.3 Å². The molecule has 2 N–H and O–H groups in total. The van der Waals surface area contributed by atoms with E-state index in [2.05, 4.69) is 10.5 Å². The fourth-order valence-corrected chi connectivity index (χ4v) is 0.435. The van der Waals surface area contributed by atoms with E-state index in [-0.39, 0.29) is 0 Å². The molecule has 8 heavy (non-hydrogen) atoms. The van der Waals surface area contributed by atoms with Crippen molar-refractivity contribution in [2.45, 2.75) is 13.3 Å². The molecular weight excluding hydrogens is 104 g/mol. The van der Waals surface area contributed by atoms with E-state index in [0.29, 0.717) is 6.54 Å². The van der Waals surface area contributed by atoms with Crippen LogP contribution < -0.4 is 5.32 Å². The van der Waals surface area contributed by atoms with E-state index in [1.165, 1.54) is 0 Å². The quantitative estimate of drug-likeness (QED) is 0.319. The Bertz CT molecular complexity index is 80.5. The summed E-state index contributed by atoms with van der Waals surface area (Å²) in [5.41, 5.74) is 0.785. The van der Waals surface area contributed by atoms with Gasteiger partial charge >= 0.3 is 0 Å².